The molecule has 0 radical (unpaired) electrons. The van der Waals surface area contributed by atoms with E-state index in [1.165, 1.54) is 37.7 Å². The van der Waals surface area contributed by atoms with Crippen molar-refractivity contribution < 1.29 is 8.83 Å². The molecule has 14 aromatic rings. The van der Waals surface area contributed by atoms with Crippen LogP contribution < -0.4 is 0 Å². The maximum Gasteiger partial charge on any atom is 0.164 e. The zero-order valence-corrected chi connectivity index (χ0v) is 33.6. The summed E-state index contributed by atoms with van der Waals surface area (Å²) in [6.45, 7) is 0. The average Bonchev–Trinajstić information content (AvgIpc) is 4.03. The molecule has 0 saturated heterocycles. The van der Waals surface area contributed by atoms with Gasteiger partial charge in [-0.2, -0.15) is 0 Å². The predicted molar refractivity (Wildman–Crippen MR) is 258 cm³/mol. The van der Waals surface area contributed by atoms with E-state index in [1.54, 1.807) is 0 Å². The molecule has 0 aliphatic heterocycles. The van der Waals surface area contributed by atoms with Gasteiger partial charge in [0.15, 0.2) is 17.5 Å². The first-order valence-corrected chi connectivity index (χ1v) is 21.2. The third-order valence-electron chi connectivity index (χ3n) is 12.8. The van der Waals surface area contributed by atoms with Crippen LogP contribution in [0.5, 0.6) is 0 Å². The molecule has 63 heavy (non-hydrogen) atoms. The van der Waals surface area contributed by atoms with Crippen molar-refractivity contribution in [2.24, 2.45) is 0 Å². The summed E-state index contributed by atoms with van der Waals surface area (Å²) in [7, 11) is 0. The van der Waals surface area contributed by atoms with Gasteiger partial charge in [-0.1, -0.05) is 133 Å². The topological polar surface area (TPSA) is 69.9 Å². The van der Waals surface area contributed by atoms with Crippen LogP contribution in [-0.2, 0) is 0 Å². The van der Waals surface area contributed by atoms with E-state index in [-0.39, 0.29) is 0 Å². The number of fused-ring (bicyclic) bond motifs is 15. The number of nitrogens with zero attached hydrogens (tertiary/aromatic N) is 4. The Morgan fingerprint density at radius 2 is 0.810 bits per heavy atom. The molecule has 0 N–H and O–H groups in total. The molecule has 14 rings (SSSR count). The Bertz CT molecular complexity index is 4200. The summed E-state index contributed by atoms with van der Waals surface area (Å²) >= 11 is 0. The van der Waals surface area contributed by atoms with Crippen molar-refractivity contribution in [2.45, 2.75) is 0 Å². The van der Waals surface area contributed by atoms with Crippen molar-refractivity contribution in [3.05, 3.63) is 194 Å². The average molecular weight is 805 g/mol. The molecule has 0 saturated carbocycles. The van der Waals surface area contributed by atoms with Gasteiger partial charge in [-0.25, -0.2) is 15.0 Å². The monoisotopic (exact) mass is 804 g/mol. The first-order chi connectivity index (χ1) is 31.2. The molecular weight excluding hydrogens is 773 g/mol. The van der Waals surface area contributed by atoms with E-state index in [2.05, 4.69) is 138 Å². The minimum Gasteiger partial charge on any atom is -0.456 e. The highest BCUT2D eigenvalue weighted by atomic mass is 16.3. The largest absolute Gasteiger partial charge is 0.456 e. The number of benzene rings is 10. The number of hydrogen-bond donors (Lipinski definition) is 0. The lowest BCUT2D eigenvalue weighted by molar-refractivity contribution is 0.668. The number of furan rings is 2. The van der Waals surface area contributed by atoms with E-state index in [9.17, 15) is 0 Å². The molecule has 0 aliphatic rings. The summed E-state index contributed by atoms with van der Waals surface area (Å²) < 4.78 is 15.0. The Morgan fingerprint density at radius 3 is 1.57 bits per heavy atom. The van der Waals surface area contributed by atoms with Gasteiger partial charge in [-0.05, 0) is 93.0 Å². The molecule has 6 nitrogen and oxygen atoms in total. The van der Waals surface area contributed by atoms with Gasteiger partial charge >= 0.3 is 0 Å². The van der Waals surface area contributed by atoms with E-state index in [0.29, 0.717) is 17.5 Å². The molecule has 6 heteroatoms. The molecule has 0 bridgehead atoms. The molecule has 0 amide bonds. The first kappa shape index (κ1) is 34.1. The van der Waals surface area contributed by atoms with Gasteiger partial charge in [-0.3, -0.25) is 0 Å². The number of aromatic nitrogens is 4. The maximum absolute atomic E-state index is 6.34. The fourth-order valence-electron chi connectivity index (χ4n) is 10.0. The van der Waals surface area contributed by atoms with Crippen LogP contribution in [-0.4, -0.2) is 19.5 Å². The normalized spacial score (nSPS) is 12.1. The number of para-hydroxylation sites is 3. The molecule has 4 aromatic heterocycles. The molecular formula is C57H32N4O2. The van der Waals surface area contributed by atoms with Gasteiger partial charge < -0.3 is 13.4 Å². The van der Waals surface area contributed by atoms with E-state index < -0.39 is 0 Å². The van der Waals surface area contributed by atoms with E-state index >= 15 is 0 Å². The molecule has 292 valence electrons. The lowest BCUT2D eigenvalue weighted by Gasteiger charge is -2.14. The van der Waals surface area contributed by atoms with Crippen LogP contribution in [0.3, 0.4) is 0 Å². The van der Waals surface area contributed by atoms with Gasteiger partial charge in [-0.15, -0.1) is 0 Å². The van der Waals surface area contributed by atoms with Crippen LogP contribution in [0.15, 0.2) is 203 Å². The van der Waals surface area contributed by atoms with Crippen molar-refractivity contribution in [3.8, 4) is 39.9 Å². The molecule has 0 spiro atoms. The van der Waals surface area contributed by atoms with Crippen LogP contribution in [0, 0.1) is 0 Å². The smallest absolute Gasteiger partial charge is 0.164 e. The summed E-state index contributed by atoms with van der Waals surface area (Å²) in [4.78, 5) is 15.8. The van der Waals surface area contributed by atoms with Crippen LogP contribution >= 0.6 is 0 Å². The summed E-state index contributed by atoms with van der Waals surface area (Å²) in [6.07, 6.45) is 0. The Kier molecular flexibility index (Phi) is 7.02. The standard InChI is InChI=1S/C57H32N4O2/c1-2-14-38-36(12-1)37-13-3-4-15-39(37)46-32-35(26-28-40(38)46)61-48-20-8-5-16-41(48)42-27-24-34(31-49(42)61)56-58-55(33-25-29-52-47(30-33)43-17-6-9-21-50(43)62-52)59-57(60-56)45-19-11-23-53-54(45)44-18-7-10-22-51(44)63-53/h1-32H. The highest BCUT2D eigenvalue weighted by Gasteiger charge is 2.21. The zero-order chi connectivity index (χ0) is 41.2. The summed E-state index contributed by atoms with van der Waals surface area (Å²) in [5.74, 6) is 1.71. The summed E-state index contributed by atoms with van der Waals surface area (Å²) in [6, 6.07) is 68.1. The lowest BCUT2D eigenvalue weighted by Crippen LogP contribution is -2.01. The first-order valence-electron chi connectivity index (χ1n) is 21.2. The van der Waals surface area contributed by atoms with Crippen molar-refractivity contribution in [1.29, 1.82) is 0 Å². The Morgan fingerprint density at radius 1 is 0.302 bits per heavy atom. The molecule has 0 unspecified atom stereocenters. The highest BCUT2D eigenvalue weighted by molar-refractivity contribution is 6.26. The zero-order valence-electron chi connectivity index (χ0n) is 33.6. The molecule has 0 fully saturated rings. The van der Waals surface area contributed by atoms with Crippen molar-refractivity contribution in [1.82, 2.24) is 19.5 Å². The van der Waals surface area contributed by atoms with E-state index in [4.69, 9.17) is 23.8 Å². The second kappa shape index (κ2) is 12.9. The second-order valence-corrected chi connectivity index (χ2v) is 16.3. The lowest BCUT2D eigenvalue weighted by atomic mass is 9.94. The summed E-state index contributed by atoms with van der Waals surface area (Å²) in [5, 5.41) is 13.8. The second-order valence-electron chi connectivity index (χ2n) is 16.3. The molecule has 4 heterocycles. The molecule has 10 aromatic carbocycles. The van der Waals surface area contributed by atoms with Crippen LogP contribution in [0.25, 0.3) is 138 Å². The SMILES string of the molecule is c1ccc2c(c1)oc1ccc(-c3nc(-c4ccc5c6ccccc6n(-c6ccc7c8ccccc8c8ccccc8c7c6)c5c4)nc(-c4cccc5oc6ccccc6c45)n3)cc12. The maximum atomic E-state index is 6.34. The minimum absolute atomic E-state index is 0.568. The van der Waals surface area contributed by atoms with E-state index in [1.807, 2.05) is 60.7 Å². The van der Waals surface area contributed by atoms with Gasteiger partial charge in [0.2, 0.25) is 0 Å². The van der Waals surface area contributed by atoms with Crippen LogP contribution in [0.4, 0.5) is 0 Å². The van der Waals surface area contributed by atoms with E-state index in [0.717, 1.165) is 82.7 Å². The number of hydrogen-bond acceptors (Lipinski definition) is 5. The summed E-state index contributed by atoms with van der Waals surface area (Å²) in [5.41, 5.74) is 9.17. The van der Waals surface area contributed by atoms with Gasteiger partial charge in [0.05, 0.1) is 11.0 Å². The Hall–Kier alpha value is -8.61. The van der Waals surface area contributed by atoms with Crippen LogP contribution in [0.1, 0.15) is 0 Å². The van der Waals surface area contributed by atoms with Gasteiger partial charge in [0, 0.05) is 54.7 Å². The highest BCUT2D eigenvalue weighted by Crippen LogP contribution is 2.41. The third kappa shape index (κ3) is 5.03. The van der Waals surface area contributed by atoms with Gasteiger partial charge in [0.1, 0.15) is 22.3 Å². The van der Waals surface area contributed by atoms with Crippen molar-refractivity contribution >= 4 is 98.0 Å². The Labute approximate surface area is 358 Å². The van der Waals surface area contributed by atoms with Gasteiger partial charge in [0.25, 0.3) is 0 Å². The van der Waals surface area contributed by atoms with Crippen molar-refractivity contribution in [2.75, 3.05) is 0 Å². The minimum atomic E-state index is 0.568. The molecule has 0 atom stereocenters. The fraction of sp³-hybridized carbons (Fsp3) is 0. The molecule has 0 aliphatic carbocycles. The fourth-order valence-corrected chi connectivity index (χ4v) is 10.0. The number of rotatable bonds is 4. The predicted octanol–water partition coefficient (Wildman–Crippen LogP) is 15.2. The van der Waals surface area contributed by atoms with Crippen LogP contribution in [0.2, 0.25) is 0 Å². The quantitative estimate of drug-likeness (QED) is 0.166. The van der Waals surface area contributed by atoms with Crippen molar-refractivity contribution in [3.63, 3.8) is 0 Å². The third-order valence-corrected chi connectivity index (χ3v) is 12.8. The Balaban J connectivity index is 1.02.